The minimum atomic E-state index is -3.14. The molecular weight excluding hydrogens is 350 g/mol. The van der Waals surface area contributed by atoms with E-state index in [1.54, 1.807) is 15.2 Å². The topological polar surface area (TPSA) is 88.6 Å². The van der Waals surface area contributed by atoms with Crippen LogP contribution in [0.3, 0.4) is 0 Å². The first-order valence-electron chi connectivity index (χ1n) is 8.32. The standard InChI is InChI=1S/C15H21N3O4S2/c19-15(13-8-23-9-17-13)16-5-14-12-6-18(4-3-10(12)7-22-14)24(20,21)11-1-2-11/h8-12,14H,1-7H2,(H,16,19)/t10-,12-,14+/m0/s1. The molecule has 1 N–H and O–H groups in total. The van der Waals surface area contributed by atoms with Crippen molar-refractivity contribution in [3.8, 4) is 0 Å². The molecule has 0 bridgehead atoms. The molecule has 0 unspecified atom stereocenters. The second-order valence-corrected chi connectivity index (χ2v) is 9.70. The van der Waals surface area contributed by atoms with Crippen LogP contribution in [0.5, 0.6) is 0 Å². The van der Waals surface area contributed by atoms with E-state index in [2.05, 4.69) is 10.3 Å². The number of hydrogen-bond donors (Lipinski definition) is 1. The largest absolute Gasteiger partial charge is 0.376 e. The maximum Gasteiger partial charge on any atom is 0.270 e. The molecule has 1 saturated carbocycles. The lowest BCUT2D eigenvalue weighted by molar-refractivity contribution is 0.0749. The van der Waals surface area contributed by atoms with Crippen molar-refractivity contribution in [1.82, 2.24) is 14.6 Å². The molecule has 1 aromatic heterocycles. The third-order valence-corrected chi connectivity index (χ3v) is 8.16. The Kier molecular flexibility index (Phi) is 4.36. The Hall–Kier alpha value is -1.03. The van der Waals surface area contributed by atoms with E-state index in [0.717, 1.165) is 19.3 Å². The molecule has 0 spiro atoms. The van der Waals surface area contributed by atoms with Gasteiger partial charge in [0.1, 0.15) is 5.69 Å². The van der Waals surface area contributed by atoms with Gasteiger partial charge >= 0.3 is 0 Å². The molecule has 2 aliphatic heterocycles. The quantitative estimate of drug-likeness (QED) is 0.823. The zero-order chi connectivity index (χ0) is 16.7. The summed E-state index contributed by atoms with van der Waals surface area (Å²) < 4.78 is 32.4. The number of carbonyl (C=O) groups excluding carboxylic acids is 1. The number of thiazole rings is 1. The van der Waals surface area contributed by atoms with Gasteiger partial charge in [0, 0.05) is 30.9 Å². The highest BCUT2D eigenvalue weighted by Gasteiger charge is 2.47. The minimum absolute atomic E-state index is 0.130. The van der Waals surface area contributed by atoms with Gasteiger partial charge in [-0.3, -0.25) is 4.79 Å². The average molecular weight is 371 g/mol. The van der Waals surface area contributed by atoms with Crippen LogP contribution in [0.15, 0.2) is 10.9 Å². The highest BCUT2D eigenvalue weighted by molar-refractivity contribution is 7.90. The van der Waals surface area contributed by atoms with E-state index in [1.165, 1.54) is 11.3 Å². The molecule has 7 nitrogen and oxygen atoms in total. The lowest BCUT2D eigenvalue weighted by atomic mass is 9.85. The Morgan fingerprint density at radius 2 is 2.25 bits per heavy atom. The normalized spacial score (nSPS) is 30.9. The van der Waals surface area contributed by atoms with E-state index in [9.17, 15) is 13.2 Å². The summed E-state index contributed by atoms with van der Waals surface area (Å²) in [5.41, 5.74) is 2.04. The minimum Gasteiger partial charge on any atom is -0.376 e. The number of carbonyl (C=O) groups is 1. The Bertz CT molecular complexity index is 702. The third kappa shape index (κ3) is 3.10. The molecule has 1 aromatic rings. The van der Waals surface area contributed by atoms with Gasteiger partial charge in [-0.15, -0.1) is 11.3 Å². The van der Waals surface area contributed by atoms with Gasteiger partial charge < -0.3 is 10.1 Å². The molecule has 0 radical (unpaired) electrons. The first kappa shape index (κ1) is 16.4. The van der Waals surface area contributed by atoms with Gasteiger partial charge in [0.05, 0.1) is 23.5 Å². The van der Waals surface area contributed by atoms with Crippen molar-refractivity contribution in [2.75, 3.05) is 26.2 Å². The number of sulfonamides is 1. The van der Waals surface area contributed by atoms with Crippen molar-refractivity contribution in [2.24, 2.45) is 11.8 Å². The van der Waals surface area contributed by atoms with Crippen LogP contribution in [0.1, 0.15) is 29.8 Å². The zero-order valence-electron chi connectivity index (χ0n) is 13.3. The monoisotopic (exact) mass is 371 g/mol. The van der Waals surface area contributed by atoms with Crippen molar-refractivity contribution in [3.05, 3.63) is 16.6 Å². The van der Waals surface area contributed by atoms with Gasteiger partial charge in [-0.25, -0.2) is 17.7 Å². The fourth-order valence-electron chi connectivity index (χ4n) is 3.62. The molecule has 3 heterocycles. The first-order chi connectivity index (χ1) is 11.6. The Morgan fingerprint density at radius 3 is 2.96 bits per heavy atom. The van der Waals surface area contributed by atoms with E-state index >= 15 is 0 Å². The number of piperidine rings is 1. The molecule has 3 aliphatic rings. The van der Waals surface area contributed by atoms with Crippen molar-refractivity contribution >= 4 is 27.3 Å². The summed E-state index contributed by atoms with van der Waals surface area (Å²) in [6.45, 7) is 2.16. The Balaban J connectivity index is 1.38. The van der Waals surface area contributed by atoms with Gasteiger partial charge in [0.15, 0.2) is 0 Å². The molecule has 3 fully saturated rings. The molecule has 9 heteroatoms. The van der Waals surface area contributed by atoms with E-state index in [-0.39, 0.29) is 23.2 Å². The van der Waals surface area contributed by atoms with Crippen LogP contribution in [-0.4, -0.2) is 61.2 Å². The zero-order valence-corrected chi connectivity index (χ0v) is 14.9. The second-order valence-electron chi connectivity index (χ2n) is 6.77. The average Bonchev–Trinajstić information content (AvgIpc) is 3.16. The first-order valence-corrected chi connectivity index (χ1v) is 10.8. The van der Waals surface area contributed by atoms with Crippen LogP contribution in [0.25, 0.3) is 0 Å². The summed E-state index contributed by atoms with van der Waals surface area (Å²) in [6.07, 6.45) is 2.29. The van der Waals surface area contributed by atoms with Crippen LogP contribution in [-0.2, 0) is 14.8 Å². The number of hydrogen-bond acceptors (Lipinski definition) is 6. The highest BCUT2D eigenvalue weighted by atomic mass is 32.2. The number of nitrogens with one attached hydrogen (secondary N) is 1. The van der Waals surface area contributed by atoms with Crippen LogP contribution >= 0.6 is 11.3 Å². The van der Waals surface area contributed by atoms with Gasteiger partial charge in [0.2, 0.25) is 10.0 Å². The van der Waals surface area contributed by atoms with Crippen molar-refractivity contribution in [1.29, 1.82) is 0 Å². The van der Waals surface area contributed by atoms with Crippen molar-refractivity contribution in [3.63, 3.8) is 0 Å². The van der Waals surface area contributed by atoms with Gasteiger partial charge in [-0.1, -0.05) is 0 Å². The molecule has 24 heavy (non-hydrogen) atoms. The SMILES string of the molecule is O=C(NC[C@H]1OC[C@@H]2CCN(S(=O)(=O)C3CC3)C[C@@H]21)c1cscn1. The van der Waals surface area contributed by atoms with Crippen LogP contribution in [0, 0.1) is 11.8 Å². The molecular formula is C15H21N3O4S2. The highest BCUT2D eigenvalue weighted by Crippen LogP contribution is 2.38. The van der Waals surface area contributed by atoms with Crippen molar-refractivity contribution in [2.45, 2.75) is 30.6 Å². The molecule has 1 amide bonds. The maximum absolute atomic E-state index is 12.5. The Morgan fingerprint density at radius 1 is 1.42 bits per heavy atom. The summed E-state index contributed by atoms with van der Waals surface area (Å²) in [6, 6.07) is 0. The summed E-state index contributed by atoms with van der Waals surface area (Å²) in [4.78, 5) is 16.0. The number of fused-ring (bicyclic) bond motifs is 1. The molecule has 132 valence electrons. The summed E-state index contributed by atoms with van der Waals surface area (Å²) in [5.74, 6) is 0.335. The molecule has 4 rings (SSSR count). The smallest absolute Gasteiger partial charge is 0.270 e. The Labute approximate surface area is 145 Å². The number of aromatic nitrogens is 1. The van der Waals surface area contributed by atoms with E-state index in [0.29, 0.717) is 37.9 Å². The van der Waals surface area contributed by atoms with Gasteiger partial charge in [0.25, 0.3) is 5.91 Å². The van der Waals surface area contributed by atoms with E-state index in [4.69, 9.17) is 4.74 Å². The van der Waals surface area contributed by atoms with Crippen molar-refractivity contribution < 1.29 is 17.9 Å². The summed E-state index contributed by atoms with van der Waals surface area (Å²) >= 11 is 1.38. The molecule has 1 aliphatic carbocycles. The lowest BCUT2D eigenvalue weighted by Crippen LogP contribution is -2.48. The van der Waals surface area contributed by atoms with E-state index < -0.39 is 10.0 Å². The number of amides is 1. The number of ether oxygens (including phenoxy) is 1. The summed E-state index contributed by atoms with van der Waals surface area (Å²) in [5, 5.41) is 4.40. The van der Waals surface area contributed by atoms with Crippen LogP contribution in [0.2, 0.25) is 0 Å². The van der Waals surface area contributed by atoms with Crippen LogP contribution in [0.4, 0.5) is 0 Å². The second kappa shape index (κ2) is 6.36. The molecule has 0 aromatic carbocycles. The van der Waals surface area contributed by atoms with Crippen LogP contribution < -0.4 is 5.32 Å². The molecule has 2 saturated heterocycles. The fraction of sp³-hybridized carbons (Fsp3) is 0.733. The van der Waals surface area contributed by atoms with E-state index in [1.807, 2.05) is 0 Å². The maximum atomic E-state index is 12.5. The van der Waals surface area contributed by atoms with Gasteiger partial charge in [-0.2, -0.15) is 0 Å². The lowest BCUT2D eigenvalue weighted by Gasteiger charge is -2.35. The third-order valence-electron chi connectivity index (χ3n) is 5.21. The predicted molar refractivity (Wildman–Crippen MR) is 89.3 cm³/mol. The fourth-order valence-corrected chi connectivity index (χ4v) is 6.05. The van der Waals surface area contributed by atoms with Gasteiger partial charge in [-0.05, 0) is 25.2 Å². The summed E-state index contributed by atoms with van der Waals surface area (Å²) in [7, 11) is -3.14. The predicted octanol–water partition coefficient (Wildman–Crippen LogP) is 0.702. The number of nitrogens with zero attached hydrogens (tertiary/aromatic N) is 2. The molecule has 3 atom stereocenters. The number of rotatable bonds is 5.